The molecule has 0 aliphatic heterocycles. The zero-order valence-electron chi connectivity index (χ0n) is 3.50. The van der Waals surface area contributed by atoms with Gasteiger partial charge in [-0.3, -0.25) is 0 Å². The molecule has 0 saturated carbocycles. The fourth-order valence-electron chi connectivity index (χ4n) is 0.226. The molecule has 0 amide bonds. The molecule has 0 radical (unpaired) electrons. The average molecular weight is 137 g/mol. The zero-order chi connectivity index (χ0) is 4.41. The van der Waals surface area contributed by atoms with E-state index >= 15 is 0 Å². The van der Waals surface area contributed by atoms with Crippen molar-refractivity contribution in [1.82, 2.24) is 4.37 Å². The highest BCUT2D eigenvalue weighted by Crippen LogP contribution is 2.03. The maximum absolute atomic E-state index is 5.23. The molecule has 0 aliphatic rings. The molecule has 0 aromatic carbocycles. The van der Waals surface area contributed by atoms with Gasteiger partial charge >= 0.3 is 0 Å². The van der Waals surface area contributed by atoms with Gasteiger partial charge in [0.05, 0.1) is 0 Å². The van der Waals surface area contributed by atoms with Crippen molar-refractivity contribution in [3.05, 3.63) is 12.3 Å². The minimum Gasteiger partial charge on any atom is -0.389 e. The summed E-state index contributed by atoms with van der Waals surface area (Å²) in [6, 6.07) is 1.77. The van der Waals surface area contributed by atoms with Crippen LogP contribution in [0.3, 0.4) is 0 Å². The number of aromatic nitrogens is 1. The molecule has 1 heterocycles. The highest BCUT2D eigenvalue weighted by Gasteiger charge is 1.76. The Bertz CT molecular complexity index is 116. The van der Waals surface area contributed by atoms with Crippen molar-refractivity contribution < 1.29 is 0 Å². The van der Waals surface area contributed by atoms with Crippen LogP contribution in [0.2, 0.25) is 0 Å². The van der Waals surface area contributed by atoms with Gasteiger partial charge < -0.3 is 5.73 Å². The Morgan fingerprint density at radius 3 is 2.57 bits per heavy atom. The first-order valence-electron chi connectivity index (χ1n) is 1.56. The predicted molar refractivity (Wildman–Crippen MR) is 33.8 cm³/mol. The Morgan fingerprint density at radius 2 is 2.43 bits per heavy atom. The quantitative estimate of drug-likeness (QED) is 0.581. The molecule has 1 rings (SSSR count). The summed E-state index contributed by atoms with van der Waals surface area (Å²) in [6.45, 7) is 0. The number of hydrogen-bond acceptors (Lipinski definition) is 3. The molecule has 0 fully saturated rings. The number of nitrogen functional groups attached to an aromatic ring is 1. The van der Waals surface area contributed by atoms with Gasteiger partial charge in [-0.25, -0.2) is 0 Å². The molecular formula is C3H5ClN2S. The largest absolute Gasteiger partial charge is 0.389 e. The monoisotopic (exact) mass is 136 g/mol. The third kappa shape index (κ3) is 1.75. The molecule has 0 atom stereocenters. The van der Waals surface area contributed by atoms with Crippen LogP contribution in [-0.4, -0.2) is 4.37 Å². The maximum atomic E-state index is 5.23. The number of halogens is 1. The Balaban J connectivity index is 0.000000360. The zero-order valence-corrected chi connectivity index (χ0v) is 5.13. The van der Waals surface area contributed by atoms with Crippen molar-refractivity contribution in [3.8, 4) is 0 Å². The van der Waals surface area contributed by atoms with Gasteiger partial charge in [0, 0.05) is 6.20 Å². The number of anilines is 1. The average Bonchev–Trinajstić information content (AvgIpc) is 1.86. The Hall–Kier alpha value is -0.280. The number of hydrogen-bond donors (Lipinski definition) is 1. The Kier molecular flexibility index (Phi) is 2.71. The third-order valence-electron chi connectivity index (χ3n) is 0.458. The van der Waals surface area contributed by atoms with Gasteiger partial charge in [-0.15, -0.1) is 12.4 Å². The lowest BCUT2D eigenvalue weighted by atomic mass is 10.7. The van der Waals surface area contributed by atoms with Gasteiger partial charge in [-0.2, -0.15) is 4.37 Å². The van der Waals surface area contributed by atoms with E-state index in [0.717, 1.165) is 5.00 Å². The summed E-state index contributed by atoms with van der Waals surface area (Å²) < 4.78 is 3.74. The van der Waals surface area contributed by atoms with Gasteiger partial charge in [0.2, 0.25) is 0 Å². The van der Waals surface area contributed by atoms with Crippen LogP contribution in [-0.2, 0) is 0 Å². The number of nitrogens with two attached hydrogens (primary N) is 1. The Labute approximate surface area is 51.9 Å². The van der Waals surface area contributed by atoms with Crippen LogP contribution in [0.15, 0.2) is 12.3 Å². The minimum atomic E-state index is 0. The molecule has 1 aromatic heterocycles. The van der Waals surface area contributed by atoms with E-state index in [2.05, 4.69) is 4.37 Å². The van der Waals surface area contributed by atoms with Gasteiger partial charge in [0.15, 0.2) is 0 Å². The van der Waals surface area contributed by atoms with Crippen molar-refractivity contribution in [2.45, 2.75) is 0 Å². The molecule has 7 heavy (non-hydrogen) atoms. The van der Waals surface area contributed by atoms with E-state index in [1.165, 1.54) is 11.5 Å². The second-order valence-electron chi connectivity index (χ2n) is 0.915. The Morgan fingerprint density at radius 1 is 1.71 bits per heavy atom. The van der Waals surface area contributed by atoms with Crippen LogP contribution in [0.25, 0.3) is 0 Å². The summed E-state index contributed by atoms with van der Waals surface area (Å²) in [7, 11) is 0. The first kappa shape index (κ1) is 6.72. The van der Waals surface area contributed by atoms with Crippen LogP contribution in [0, 0.1) is 0 Å². The van der Waals surface area contributed by atoms with Gasteiger partial charge in [0.1, 0.15) is 5.00 Å². The summed E-state index contributed by atoms with van der Waals surface area (Å²) in [5, 5.41) is 0.773. The third-order valence-corrected chi connectivity index (χ3v) is 1.03. The van der Waals surface area contributed by atoms with E-state index < -0.39 is 0 Å². The van der Waals surface area contributed by atoms with E-state index in [4.69, 9.17) is 5.73 Å². The summed E-state index contributed by atoms with van der Waals surface area (Å²) >= 11 is 1.31. The van der Waals surface area contributed by atoms with Crippen LogP contribution < -0.4 is 5.73 Å². The van der Waals surface area contributed by atoms with E-state index in [1.807, 2.05) is 0 Å². The highest BCUT2D eigenvalue weighted by molar-refractivity contribution is 7.09. The second-order valence-corrected chi connectivity index (χ2v) is 1.78. The van der Waals surface area contributed by atoms with Gasteiger partial charge in [-0.05, 0) is 17.6 Å². The molecule has 4 heteroatoms. The van der Waals surface area contributed by atoms with Crippen molar-refractivity contribution in [2.24, 2.45) is 0 Å². The fourth-order valence-corrected chi connectivity index (χ4v) is 0.591. The summed E-state index contributed by atoms with van der Waals surface area (Å²) in [4.78, 5) is 0. The van der Waals surface area contributed by atoms with Gasteiger partial charge in [-0.1, -0.05) is 0 Å². The number of rotatable bonds is 0. The first-order valence-corrected chi connectivity index (χ1v) is 2.33. The summed E-state index contributed by atoms with van der Waals surface area (Å²) in [6.07, 6.45) is 1.68. The molecule has 2 nitrogen and oxygen atoms in total. The first-order chi connectivity index (χ1) is 2.89. The maximum Gasteiger partial charge on any atom is 0.106 e. The normalized spacial score (nSPS) is 7.43. The fraction of sp³-hybridized carbons (Fsp3) is 0. The molecule has 0 aliphatic carbocycles. The predicted octanol–water partition coefficient (Wildman–Crippen LogP) is 1.15. The second kappa shape index (κ2) is 2.82. The molecule has 1 aromatic rings. The van der Waals surface area contributed by atoms with Crippen molar-refractivity contribution in [2.75, 3.05) is 5.73 Å². The lowest BCUT2D eigenvalue weighted by molar-refractivity contribution is 1.58. The number of nitrogens with zero attached hydrogens (tertiary/aromatic N) is 1. The van der Waals surface area contributed by atoms with Crippen molar-refractivity contribution >= 4 is 28.9 Å². The van der Waals surface area contributed by atoms with Crippen molar-refractivity contribution in [3.63, 3.8) is 0 Å². The minimum absolute atomic E-state index is 0. The highest BCUT2D eigenvalue weighted by atomic mass is 35.5. The smallest absolute Gasteiger partial charge is 0.106 e. The molecule has 40 valence electrons. The van der Waals surface area contributed by atoms with Crippen LogP contribution >= 0.6 is 23.9 Å². The topological polar surface area (TPSA) is 38.9 Å². The molecule has 0 unspecified atom stereocenters. The SMILES string of the molecule is Cl.Nc1ccns1. The van der Waals surface area contributed by atoms with E-state index in [9.17, 15) is 0 Å². The molecular weight excluding hydrogens is 132 g/mol. The van der Waals surface area contributed by atoms with E-state index in [-0.39, 0.29) is 12.4 Å². The van der Waals surface area contributed by atoms with Crippen molar-refractivity contribution in [1.29, 1.82) is 0 Å². The lowest BCUT2D eigenvalue weighted by Gasteiger charge is -1.66. The van der Waals surface area contributed by atoms with E-state index in [0.29, 0.717) is 0 Å². The van der Waals surface area contributed by atoms with E-state index in [1.54, 1.807) is 12.3 Å². The standard InChI is InChI=1S/C3H4N2S.ClH/c4-3-1-2-5-6-3;/h1-2H,4H2;1H. The summed E-state index contributed by atoms with van der Waals surface area (Å²) in [5.74, 6) is 0. The lowest BCUT2D eigenvalue weighted by Crippen LogP contribution is -1.72. The van der Waals surface area contributed by atoms with Gasteiger partial charge in [0.25, 0.3) is 0 Å². The molecule has 0 spiro atoms. The summed E-state index contributed by atoms with van der Waals surface area (Å²) in [5.41, 5.74) is 5.23. The molecule has 0 saturated heterocycles. The van der Waals surface area contributed by atoms with Crippen LogP contribution in [0.5, 0.6) is 0 Å². The van der Waals surface area contributed by atoms with Crippen LogP contribution in [0.1, 0.15) is 0 Å². The molecule has 2 N–H and O–H groups in total. The van der Waals surface area contributed by atoms with Crippen LogP contribution in [0.4, 0.5) is 5.00 Å². The molecule has 0 bridgehead atoms.